The molecule has 0 N–H and O–H groups in total. The van der Waals surface area contributed by atoms with Gasteiger partial charge in [0, 0.05) is 16.0 Å². The predicted molar refractivity (Wildman–Crippen MR) is 118 cm³/mol. The molecule has 2 aromatic heterocycles. The van der Waals surface area contributed by atoms with Gasteiger partial charge in [0.2, 0.25) is 0 Å². The third-order valence-electron chi connectivity index (χ3n) is 5.02. The monoisotopic (exact) mass is 410 g/mol. The lowest BCUT2D eigenvalue weighted by atomic mass is 10.0. The highest BCUT2D eigenvalue weighted by molar-refractivity contribution is 7.15. The Balaban J connectivity index is 1.69. The van der Waals surface area contributed by atoms with Gasteiger partial charge in [-0.15, -0.1) is 21.5 Å². The van der Waals surface area contributed by atoms with Crippen LogP contribution in [0.15, 0.2) is 65.8 Å². The Kier molecular flexibility index (Phi) is 4.42. The summed E-state index contributed by atoms with van der Waals surface area (Å²) >= 11 is 1.72. The van der Waals surface area contributed by atoms with E-state index in [9.17, 15) is 0 Å². The Morgan fingerprint density at radius 3 is 2.50 bits per heavy atom. The molecule has 7 heteroatoms. The van der Waals surface area contributed by atoms with Crippen molar-refractivity contribution in [3.05, 3.63) is 93.6 Å². The molecular formula is C23H18N6S. The van der Waals surface area contributed by atoms with Crippen LogP contribution < -0.4 is 5.01 Å². The number of aryl methyl sites for hydroxylation is 2. The number of hydrazone groups is 1. The van der Waals surface area contributed by atoms with Crippen LogP contribution in [0.25, 0.3) is 5.00 Å². The summed E-state index contributed by atoms with van der Waals surface area (Å²) in [4.78, 5) is 1.21. The van der Waals surface area contributed by atoms with Gasteiger partial charge in [-0.25, -0.2) is 5.01 Å². The summed E-state index contributed by atoms with van der Waals surface area (Å²) in [5, 5.41) is 25.9. The third kappa shape index (κ3) is 3.08. The molecule has 30 heavy (non-hydrogen) atoms. The Labute approximate surface area is 178 Å². The lowest BCUT2D eigenvalue weighted by molar-refractivity contribution is 0.798. The van der Waals surface area contributed by atoms with E-state index < -0.39 is 0 Å². The van der Waals surface area contributed by atoms with Gasteiger partial charge in [-0.2, -0.15) is 10.4 Å². The van der Waals surface area contributed by atoms with Crippen LogP contribution in [-0.4, -0.2) is 20.5 Å². The molecule has 3 heterocycles. The lowest BCUT2D eigenvalue weighted by Gasteiger charge is -2.18. The first-order valence-corrected chi connectivity index (χ1v) is 10.4. The quantitative estimate of drug-likeness (QED) is 0.495. The van der Waals surface area contributed by atoms with Gasteiger partial charge in [-0.1, -0.05) is 42.5 Å². The number of nitriles is 1. The predicted octanol–water partition coefficient (Wildman–Crippen LogP) is 4.59. The van der Waals surface area contributed by atoms with E-state index in [-0.39, 0.29) is 0 Å². The normalized spacial score (nSPS) is 12.6. The number of hydrogen-bond acceptors (Lipinski definition) is 6. The summed E-state index contributed by atoms with van der Waals surface area (Å²) in [6.07, 6.45) is 0. The number of hydrogen-bond donors (Lipinski definition) is 0. The zero-order valence-electron chi connectivity index (χ0n) is 16.6. The molecule has 4 aromatic rings. The molecule has 0 unspecified atom stereocenters. The highest BCUT2D eigenvalue weighted by Crippen LogP contribution is 2.35. The number of fused-ring (bicyclic) bond motifs is 3. The van der Waals surface area contributed by atoms with Crippen molar-refractivity contribution in [2.75, 3.05) is 5.01 Å². The summed E-state index contributed by atoms with van der Waals surface area (Å²) in [6.45, 7) is 4.59. The topological polar surface area (TPSA) is 70.1 Å². The maximum absolute atomic E-state index is 9.08. The number of anilines is 1. The summed E-state index contributed by atoms with van der Waals surface area (Å²) in [5.74, 6) is 1.51. The largest absolute Gasteiger partial charge is 0.254 e. The number of thiophene rings is 1. The number of benzene rings is 2. The Morgan fingerprint density at radius 2 is 1.77 bits per heavy atom. The average Bonchev–Trinajstić information content (AvgIpc) is 3.31. The van der Waals surface area contributed by atoms with Crippen molar-refractivity contribution >= 4 is 23.0 Å². The van der Waals surface area contributed by atoms with Crippen molar-refractivity contribution in [1.29, 1.82) is 5.26 Å². The van der Waals surface area contributed by atoms with Crippen LogP contribution in [0, 0.1) is 25.2 Å². The first-order chi connectivity index (χ1) is 14.6. The van der Waals surface area contributed by atoms with Crippen molar-refractivity contribution in [1.82, 2.24) is 14.8 Å². The van der Waals surface area contributed by atoms with Gasteiger partial charge in [0.25, 0.3) is 5.95 Å². The number of aromatic nitrogens is 3. The molecule has 0 atom stereocenters. The Hall–Kier alpha value is -3.76. The van der Waals surface area contributed by atoms with Crippen molar-refractivity contribution in [2.24, 2.45) is 5.10 Å². The second-order valence-electron chi connectivity index (χ2n) is 7.14. The molecule has 0 saturated carbocycles. The summed E-state index contributed by atoms with van der Waals surface area (Å²) < 4.78 is 2.08. The van der Waals surface area contributed by atoms with E-state index in [1.165, 1.54) is 4.88 Å². The minimum atomic E-state index is 0.522. The molecule has 5 rings (SSSR count). The van der Waals surface area contributed by atoms with Crippen molar-refractivity contribution in [2.45, 2.75) is 20.4 Å². The molecule has 1 aliphatic rings. The molecule has 0 saturated heterocycles. The highest BCUT2D eigenvalue weighted by Gasteiger charge is 2.28. The van der Waals surface area contributed by atoms with Gasteiger partial charge in [0.15, 0.2) is 0 Å². The van der Waals surface area contributed by atoms with Crippen molar-refractivity contribution < 1.29 is 0 Å². The van der Waals surface area contributed by atoms with Gasteiger partial charge in [0.05, 0.1) is 18.2 Å². The Morgan fingerprint density at radius 1 is 1.00 bits per heavy atom. The molecule has 0 spiro atoms. The van der Waals surface area contributed by atoms with Crippen LogP contribution >= 0.6 is 11.3 Å². The molecule has 0 amide bonds. The Bertz CT molecular complexity index is 1290. The van der Waals surface area contributed by atoms with Crippen LogP contribution in [0.3, 0.4) is 0 Å². The van der Waals surface area contributed by atoms with Gasteiger partial charge in [-0.05, 0) is 37.6 Å². The molecule has 0 aliphatic carbocycles. The minimum absolute atomic E-state index is 0.522. The fourth-order valence-electron chi connectivity index (χ4n) is 3.59. The first kappa shape index (κ1) is 18.3. The fraction of sp³-hybridized carbons (Fsp3) is 0.130. The van der Waals surface area contributed by atoms with Gasteiger partial charge < -0.3 is 0 Å². The minimum Gasteiger partial charge on any atom is -0.254 e. The zero-order chi connectivity index (χ0) is 20.7. The van der Waals surface area contributed by atoms with Crippen LogP contribution in [0.2, 0.25) is 0 Å². The number of rotatable bonds is 3. The van der Waals surface area contributed by atoms with E-state index in [0.29, 0.717) is 18.1 Å². The number of nitrogens with zero attached hydrogens (tertiary/aromatic N) is 6. The van der Waals surface area contributed by atoms with Crippen molar-refractivity contribution in [3.8, 4) is 11.1 Å². The standard InChI is InChI=1S/C23H18N6S/c1-15-12-20-21(19-6-4-3-5-7-19)27-28(14-18-10-8-17(13-24)9-11-18)23-26-25-16(2)29(23)22(20)30-15/h3-12H,14H2,1-2H3. The molecule has 0 fully saturated rings. The SMILES string of the molecule is Cc1cc2c(s1)-n1c(C)nnc1N(Cc1ccc(C#N)cc1)N=C2c1ccccc1. The van der Waals surface area contributed by atoms with Gasteiger partial charge in [-0.3, -0.25) is 4.57 Å². The van der Waals surface area contributed by atoms with E-state index in [1.807, 2.05) is 54.4 Å². The smallest absolute Gasteiger partial charge is 0.253 e. The molecule has 0 bridgehead atoms. The van der Waals surface area contributed by atoms with E-state index >= 15 is 0 Å². The maximum Gasteiger partial charge on any atom is 0.253 e. The molecule has 1 aliphatic heterocycles. The van der Waals surface area contributed by atoms with E-state index in [2.05, 4.69) is 46.0 Å². The van der Waals surface area contributed by atoms with Crippen LogP contribution in [0.4, 0.5) is 5.95 Å². The third-order valence-corrected chi connectivity index (χ3v) is 6.05. The molecule has 2 aromatic carbocycles. The summed E-state index contributed by atoms with van der Waals surface area (Å²) in [6, 6.07) is 22.1. The van der Waals surface area contributed by atoms with Crippen molar-refractivity contribution in [3.63, 3.8) is 0 Å². The van der Waals surface area contributed by atoms with Crippen LogP contribution in [-0.2, 0) is 6.54 Å². The molecular weight excluding hydrogens is 392 g/mol. The second-order valence-corrected chi connectivity index (χ2v) is 8.37. The molecule has 146 valence electrons. The zero-order valence-corrected chi connectivity index (χ0v) is 17.4. The van der Waals surface area contributed by atoms with E-state index in [4.69, 9.17) is 10.4 Å². The molecule has 0 radical (unpaired) electrons. The average molecular weight is 411 g/mol. The fourth-order valence-corrected chi connectivity index (χ4v) is 4.64. The second kappa shape index (κ2) is 7.25. The van der Waals surface area contributed by atoms with E-state index in [1.54, 1.807) is 11.3 Å². The van der Waals surface area contributed by atoms with Gasteiger partial charge in [0.1, 0.15) is 16.5 Å². The first-order valence-electron chi connectivity index (χ1n) is 9.58. The highest BCUT2D eigenvalue weighted by atomic mass is 32.1. The van der Waals surface area contributed by atoms with Gasteiger partial charge >= 0.3 is 0 Å². The maximum atomic E-state index is 9.08. The van der Waals surface area contributed by atoms with Crippen LogP contribution in [0.5, 0.6) is 0 Å². The lowest BCUT2D eigenvalue weighted by Crippen LogP contribution is -2.20. The molecule has 6 nitrogen and oxygen atoms in total. The summed E-state index contributed by atoms with van der Waals surface area (Å²) in [7, 11) is 0. The van der Waals surface area contributed by atoms with Crippen LogP contribution in [0.1, 0.15) is 33.0 Å². The summed E-state index contributed by atoms with van der Waals surface area (Å²) in [5.41, 5.74) is 4.72. The van der Waals surface area contributed by atoms with E-state index in [0.717, 1.165) is 33.2 Å².